The quantitative estimate of drug-likeness (QED) is 0.702. The van der Waals surface area contributed by atoms with Crippen molar-refractivity contribution in [3.63, 3.8) is 0 Å². The van der Waals surface area contributed by atoms with E-state index in [4.69, 9.17) is 15.2 Å². The minimum absolute atomic E-state index is 0.241. The molecule has 2 aliphatic rings. The molecule has 0 aromatic rings. The maximum absolute atomic E-state index is 11.5. The first kappa shape index (κ1) is 16.2. The van der Waals surface area contributed by atoms with Crippen LogP contribution >= 0.6 is 0 Å². The number of urea groups is 1. The molecule has 2 rings (SSSR count). The summed E-state index contributed by atoms with van der Waals surface area (Å²) < 4.78 is 11.3. The average molecular weight is 299 g/mol. The summed E-state index contributed by atoms with van der Waals surface area (Å²) in [6.07, 6.45) is 5.06. The van der Waals surface area contributed by atoms with E-state index in [1.165, 1.54) is 0 Å². The van der Waals surface area contributed by atoms with Gasteiger partial charge in [-0.3, -0.25) is 15.0 Å². The molecule has 7 heteroatoms. The molecule has 7 nitrogen and oxygen atoms in total. The lowest BCUT2D eigenvalue weighted by molar-refractivity contribution is -0.120. The predicted octanol–water partition coefficient (Wildman–Crippen LogP) is 0.231. The smallest absolute Gasteiger partial charge is 0.318 e. The van der Waals surface area contributed by atoms with E-state index in [9.17, 15) is 9.59 Å². The highest BCUT2D eigenvalue weighted by molar-refractivity contribution is 5.93. The summed E-state index contributed by atoms with van der Waals surface area (Å²) in [5, 5.41) is 2.10. The Labute approximate surface area is 125 Å². The zero-order valence-corrected chi connectivity index (χ0v) is 12.4. The molecule has 0 aromatic heterocycles. The van der Waals surface area contributed by atoms with Crippen LogP contribution in [-0.4, -0.2) is 61.9 Å². The maximum atomic E-state index is 11.5. The Bertz CT molecular complexity index is 334. The molecular weight excluding hydrogens is 274 g/mol. The highest BCUT2D eigenvalue weighted by Crippen LogP contribution is 2.17. The highest BCUT2D eigenvalue weighted by atomic mass is 16.5. The number of carbonyl (C=O) groups excluding carboxylic acids is 2. The summed E-state index contributed by atoms with van der Waals surface area (Å²) in [7, 11) is 0. The Balaban J connectivity index is 1.78. The van der Waals surface area contributed by atoms with Crippen molar-refractivity contribution in [2.75, 3.05) is 32.8 Å². The molecule has 3 amide bonds. The van der Waals surface area contributed by atoms with Gasteiger partial charge in [-0.05, 0) is 25.7 Å². The van der Waals surface area contributed by atoms with E-state index >= 15 is 0 Å². The summed E-state index contributed by atoms with van der Waals surface area (Å²) in [5.41, 5.74) is 4.94. The van der Waals surface area contributed by atoms with E-state index in [0.29, 0.717) is 6.54 Å². The Hall–Kier alpha value is -1.18. The predicted molar refractivity (Wildman–Crippen MR) is 76.7 cm³/mol. The Morgan fingerprint density at radius 3 is 2.10 bits per heavy atom. The van der Waals surface area contributed by atoms with Crippen LogP contribution in [0.4, 0.5) is 4.79 Å². The average Bonchev–Trinajstić information content (AvgIpc) is 3.08. The van der Waals surface area contributed by atoms with Gasteiger partial charge in [-0.15, -0.1) is 0 Å². The summed E-state index contributed by atoms with van der Waals surface area (Å²) in [5.74, 6) is -0.341. The van der Waals surface area contributed by atoms with Crippen LogP contribution in [0, 0.1) is 0 Å². The van der Waals surface area contributed by atoms with Crippen LogP contribution in [0.15, 0.2) is 0 Å². The van der Waals surface area contributed by atoms with Gasteiger partial charge in [-0.2, -0.15) is 0 Å². The molecule has 0 spiro atoms. The number of primary amides is 1. The molecule has 2 saturated heterocycles. The molecule has 2 atom stereocenters. The fourth-order valence-electron chi connectivity index (χ4n) is 2.87. The molecule has 0 aromatic carbocycles. The largest absolute Gasteiger partial charge is 0.377 e. The molecule has 3 N–H and O–H groups in total. The SMILES string of the molecule is NC(=O)NC(=O)CCN(C[C@H]1CCCO1)C[C@@H]1CCCO1. The van der Waals surface area contributed by atoms with Crippen molar-refractivity contribution < 1.29 is 19.1 Å². The number of amides is 3. The molecule has 120 valence electrons. The molecule has 2 aliphatic heterocycles. The van der Waals surface area contributed by atoms with Crippen molar-refractivity contribution in [2.24, 2.45) is 5.73 Å². The molecule has 0 saturated carbocycles. The lowest BCUT2D eigenvalue weighted by Gasteiger charge is -2.27. The van der Waals surface area contributed by atoms with Crippen LogP contribution in [0.3, 0.4) is 0 Å². The van der Waals surface area contributed by atoms with Gasteiger partial charge in [0.2, 0.25) is 5.91 Å². The van der Waals surface area contributed by atoms with Crippen molar-refractivity contribution in [3.05, 3.63) is 0 Å². The number of nitrogens with two attached hydrogens (primary N) is 1. The lowest BCUT2D eigenvalue weighted by Crippen LogP contribution is -2.41. The van der Waals surface area contributed by atoms with Crippen LogP contribution in [0.5, 0.6) is 0 Å². The van der Waals surface area contributed by atoms with Crippen LogP contribution in [0.2, 0.25) is 0 Å². The van der Waals surface area contributed by atoms with Crippen molar-refractivity contribution in [1.82, 2.24) is 10.2 Å². The van der Waals surface area contributed by atoms with E-state index in [1.807, 2.05) is 0 Å². The molecule has 2 fully saturated rings. The number of hydrogen-bond acceptors (Lipinski definition) is 5. The maximum Gasteiger partial charge on any atom is 0.318 e. The van der Waals surface area contributed by atoms with Crippen LogP contribution in [-0.2, 0) is 14.3 Å². The van der Waals surface area contributed by atoms with E-state index in [-0.39, 0.29) is 24.5 Å². The van der Waals surface area contributed by atoms with E-state index in [2.05, 4.69) is 10.2 Å². The second-order valence-corrected chi connectivity index (χ2v) is 5.69. The molecule has 0 radical (unpaired) electrons. The molecule has 0 unspecified atom stereocenters. The van der Waals surface area contributed by atoms with Gasteiger partial charge in [0.1, 0.15) is 0 Å². The number of imide groups is 1. The first-order chi connectivity index (χ1) is 10.1. The van der Waals surface area contributed by atoms with E-state index < -0.39 is 6.03 Å². The fourth-order valence-corrected chi connectivity index (χ4v) is 2.87. The number of carbonyl (C=O) groups is 2. The molecule has 0 bridgehead atoms. The molecule has 21 heavy (non-hydrogen) atoms. The fraction of sp³-hybridized carbons (Fsp3) is 0.857. The lowest BCUT2D eigenvalue weighted by atomic mass is 10.2. The summed E-state index contributed by atoms with van der Waals surface area (Å²) in [6.45, 7) is 3.84. The summed E-state index contributed by atoms with van der Waals surface area (Å²) >= 11 is 0. The number of ether oxygens (including phenoxy) is 2. The topological polar surface area (TPSA) is 93.9 Å². The normalized spacial score (nSPS) is 25.4. The number of nitrogens with one attached hydrogen (secondary N) is 1. The second kappa shape index (κ2) is 8.31. The third-order valence-electron chi connectivity index (χ3n) is 3.89. The van der Waals surface area contributed by atoms with Gasteiger partial charge in [0.05, 0.1) is 12.2 Å². The first-order valence-corrected chi connectivity index (χ1v) is 7.68. The molecule has 0 aliphatic carbocycles. The Kier molecular flexibility index (Phi) is 6.41. The standard InChI is InChI=1S/C14H25N3O4/c15-14(19)16-13(18)5-6-17(9-11-3-1-7-20-11)10-12-4-2-8-21-12/h11-12H,1-10H2,(H3,15,16,18,19)/t11-,12+. The minimum atomic E-state index is -0.801. The molecular formula is C14H25N3O4. The Morgan fingerprint density at radius 2 is 1.67 bits per heavy atom. The number of hydrogen-bond donors (Lipinski definition) is 2. The Morgan fingerprint density at radius 1 is 1.10 bits per heavy atom. The van der Waals surface area contributed by atoms with Gasteiger partial charge in [0.15, 0.2) is 0 Å². The summed E-state index contributed by atoms with van der Waals surface area (Å²) in [6, 6.07) is -0.801. The second-order valence-electron chi connectivity index (χ2n) is 5.69. The van der Waals surface area contributed by atoms with Gasteiger partial charge < -0.3 is 15.2 Å². The van der Waals surface area contributed by atoms with Crippen LogP contribution in [0.1, 0.15) is 32.1 Å². The first-order valence-electron chi connectivity index (χ1n) is 7.68. The van der Waals surface area contributed by atoms with Crippen molar-refractivity contribution in [3.8, 4) is 0 Å². The monoisotopic (exact) mass is 299 g/mol. The van der Waals surface area contributed by atoms with Crippen LogP contribution in [0.25, 0.3) is 0 Å². The van der Waals surface area contributed by atoms with Gasteiger partial charge >= 0.3 is 6.03 Å². The molecule has 2 heterocycles. The van der Waals surface area contributed by atoms with Gasteiger partial charge in [0, 0.05) is 39.3 Å². The minimum Gasteiger partial charge on any atom is -0.377 e. The third-order valence-corrected chi connectivity index (χ3v) is 3.89. The highest BCUT2D eigenvalue weighted by Gasteiger charge is 2.24. The van der Waals surface area contributed by atoms with Gasteiger partial charge in [-0.1, -0.05) is 0 Å². The number of rotatable bonds is 7. The van der Waals surface area contributed by atoms with Crippen molar-refractivity contribution in [1.29, 1.82) is 0 Å². The zero-order valence-electron chi connectivity index (χ0n) is 12.4. The van der Waals surface area contributed by atoms with Gasteiger partial charge in [-0.25, -0.2) is 4.79 Å². The van der Waals surface area contributed by atoms with Crippen molar-refractivity contribution >= 4 is 11.9 Å². The van der Waals surface area contributed by atoms with E-state index in [1.54, 1.807) is 0 Å². The number of nitrogens with zero attached hydrogens (tertiary/aromatic N) is 1. The summed E-state index contributed by atoms with van der Waals surface area (Å²) in [4.78, 5) is 24.4. The zero-order chi connectivity index (χ0) is 15.1. The van der Waals surface area contributed by atoms with Crippen LogP contribution < -0.4 is 11.1 Å². The van der Waals surface area contributed by atoms with E-state index in [0.717, 1.165) is 52.0 Å². The third kappa shape index (κ3) is 5.99. The van der Waals surface area contributed by atoms with Gasteiger partial charge in [0.25, 0.3) is 0 Å². The van der Waals surface area contributed by atoms with Crippen molar-refractivity contribution in [2.45, 2.75) is 44.3 Å².